The number of nitrogens with zero attached hydrogens (tertiary/aromatic N) is 3. The molecule has 0 bridgehead atoms. The Kier molecular flexibility index (Phi) is 5.95. The van der Waals surface area contributed by atoms with Gasteiger partial charge in [0.05, 0.1) is 6.10 Å². The van der Waals surface area contributed by atoms with Gasteiger partial charge in [-0.05, 0) is 54.7 Å². The van der Waals surface area contributed by atoms with Gasteiger partial charge in [0, 0.05) is 56.8 Å². The third-order valence-electron chi connectivity index (χ3n) is 5.99. The van der Waals surface area contributed by atoms with Crippen LogP contribution in [-0.4, -0.2) is 48.8 Å². The van der Waals surface area contributed by atoms with E-state index in [1.165, 1.54) is 16.8 Å². The summed E-state index contributed by atoms with van der Waals surface area (Å²) < 4.78 is 11.4. The number of pyridine rings is 1. The molecule has 1 amide bonds. The number of anilines is 1. The number of hydrogen-bond acceptors (Lipinski definition) is 5. The summed E-state index contributed by atoms with van der Waals surface area (Å²) >= 11 is 0. The van der Waals surface area contributed by atoms with Crippen LogP contribution in [-0.2, 0) is 16.7 Å². The Morgan fingerprint density at radius 2 is 2.20 bits per heavy atom. The standard InChI is InChI=1S/C24H31N3O3/c1-24(2)17-27(15-18-7-6-11-25-14-18)22-10-9-19(13-21(22)24)30-23(28)26(3)16-20-8-4-5-12-29-20/h6-7,9-11,13-14,20H,4-5,8,12,15-17H2,1-3H3. The third kappa shape index (κ3) is 4.59. The van der Waals surface area contributed by atoms with E-state index in [-0.39, 0.29) is 17.6 Å². The molecule has 3 heterocycles. The average molecular weight is 410 g/mol. The van der Waals surface area contributed by atoms with Crippen LogP contribution in [0.1, 0.15) is 44.2 Å². The van der Waals surface area contributed by atoms with E-state index in [4.69, 9.17) is 9.47 Å². The van der Waals surface area contributed by atoms with Crippen molar-refractivity contribution in [1.29, 1.82) is 0 Å². The number of carbonyl (C=O) groups is 1. The minimum atomic E-state index is -0.341. The van der Waals surface area contributed by atoms with E-state index in [9.17, 15) is 4.79 Å². The van der Waals surface area contributed by atoms with Crippen molar-refractivity contribution >= 4 is 11.8 Å². The molecule has 6 heteroatoms. The van der Waals surface area contributed by atoms with Gasteiger partial charge in [-0.3, -0.25) is 4.98 Å². The molecule has 2 aliphatic rings. The second-order valence-corrected chi connectivity index (χ2v) is 9.02. The third-order valence-corrected chi connectivity index (χ3v) is 5.99. The molecular formula is C24H31N3O3. The lowest BCUT2D eigenvalue weighted by Crippen LogP contribution is -2.38. The second kappa shape index (κ2) is 8.64. The van der Waals surface area contributed by atoms with Gasteiger partial charge in [0.2, 0.25) is 0 Å². The van der Waals surface area contributed by atoms with Crippen LogP contribution in [0.4, 0.5) is 10.5 Å². The molecule has 0 spiro atoms. The minimum absolute atomic E-state index is 0.0260. The molecule has 1 atom stereocenters. The Balaban J connectivity index is 1.44. The van der Waals surface area contributed by atoms with E-state index in [2.05, 4.69) is 35.9 Å². The first kappa shape index (κ1) is 20.7. The Morgan fingerprint density at radius 3 is 2.93 bits per heavy atom. The molecule has 160 valence electrons. The maximum absolute atomic E-state index is 12.6. The average Bonchev–Trinajstić information content (AvgIpc) is 2.99. The van der Waals surface area contributed by atoms with Gasteiger partial charge >= 0.3 is 6.09 Å². The summed E-state index contributed by atoms with van der Waals surface area (Å²) in [5, 5.41) is 0. The van der Waals surface area contributed by atoms with Crippen LogP contribution < -0.4 is 9.64 Å². The Labute approximate surface area is 178 Å². The van der Waals surface area contributed by atoms with Gasteiger partial charge in [-0.15, -0.1) is 0 Å². The molecule has 30 heavy (non-hydrogen) atoms. The topological polar surface area (TPSA) is 54.9 Å². The summed E-state index contributed by atoms with van der Waals surface area (Å²) in [6.07, 6.45) is 6.73. The molecule has 0 radical (unpaired) electrons. The first-order chi connectivity index (χ1) is 14.4. The zero-order chi connectivity index (χ0) is 21.1. The van der Waals surface area contributed by atoms with E-state index in [1.54, 1.807) is 18.1 Å². The number of fused-ring (bicyclic) bond motifs is 1. The first-order valence-electron chi connectivity index (χ1n) is 10.8. The lowest BCUT2D eigenvalue weighted by molar-refractivity contribution is 0.00110. The van der Waals surface area contributed by atoms with Crippen LogP contribution in [0.25, 0.3) is 0 Å². The van der Waals surface area contributed by atoms with E-state index in [1.807, 2.05) is 24.4 Å². The van der Waals surface area contributed by atoms with E-state index in [0.717, 1.165) is 39.0 Å². The molecule has 0 N–H and O–H groups in total. The maximum Gasteiger partial charge on any atom is 0.415 e. The number of likely N-dealkylation sites (N-methyl/N-ethyl adjacent to an activating group) is 1. The molecule has 6 nitrogen and oxygen atoms in total. The quantitative estimate of drug-likeness (QED) is 0.734. The molecule has 4 rings (SSSR count). The molecule has 0 saturated carbocycles. The molecular weight excluding hydrogens is 378 g/mol. The highest BCUT2D eigenvalue weighted by Crippen LogP contribution is 2.42. The molecule has 2 aliphatic heterocycles. The Hall–Kier alpha value is -2.60. The summed E-state index contributed by atoms with van der Waals surface area (Å²) in [7, 11) is 1.77. The number of aromatic nitrogens is 1. The van der Waals surface area contributed by atoms with Crippen molar-refractivity contribution in [3.63, 3.8) is 0 Å². The largest absolute Gasteiger partial charge is 0.415 e. The van der Waals surface area contributed by atoms with Crippen LogP contribution in [0.5, 0.6) is 5.75 Å². The monoisotopic (exact) mass is 409 g/mol. The van der Waals surface area contributed by atoms with Crippen LogP contribution in [0.3, 0.4) is 0 Å². The zero-order valence-electron chi connectivity index (χ0n) is 18.1. The number of benzene rings is 1. The van der Waals surface area contributed by atoms with Gasteiger partial charge in [-0.1, -0.05) is 19.9 Å². The van der Waals surface area contributed by atoms with Crippen LogP contribution >= 0.6 is 0 Å². The van der Waals surface area contributed by atoms with E-state index >= 15 is 0 Å². The molecule has 1 aromatic heterocycles. The number of carbonyl (C=O) groups excluding carboxylic acids is 1. The highest BCUT2D eigenvalue weighted by Gasteiger charge is 2.35. The van der Waals surface area contributed by atoms with Crippen LogP contribution in [0.2, 0.25) is 0 Å². The number of amides is 1. The highest BCUT2D eigenvalue weighted by atomic mass is 16.6. The first-order valence-corrected chi connectivity index (χ1v) is 10.8. The zero-order valence-corrected chi connectivity index (χ0v) is 18.1. The predicted molar refractivity (Wildman–Crippen MR) is 117 cm³/mol. The van der Waals surface area contributed by atoms with Crippen molar-refractivity contribution in [2.45, 2.75) is 51.2 Å². The maximum atomic E-state index is 12.6. The number of rotatable bonds is 5. The fourth-order valence-electron chi connectivity index (χ4n) is 4.41. The predicted octanol–water partition coefficient (Wildman–Crippen LogP) is 4.38. The lowest BCUT2D eigenvalue weighted by Gasteiger charge is -2.27. The summed E-state index contributed by atoms with van der Waals surface area (Å²) in [4.78, 5) is 20.8. The Bertz CT molecular complexity index is 879. The van der Waals surface area contributed by atoms with E-state index in [0.29, 0.717) is 12.3 Å². The van der Waals surface area contributed by atoms with Gasteiger partial charge in [0.15, 0.2) is 0 Å². The number of ether oxygens (including phenoxy) is 2. The highest BCUT2D eigenvalue weighted by molar-refractivity contribution is 5.72. The van der Waals surface area contributed by atoms with Crippen molar-refractivity contribution in [2.24, 2.45) is 0 Å². The summed E-state index contributed by atoms with van der Waals surface area (Å²) in [5.41, 5.74) is 3.55. The van der Waals surface area contributed by atoms with Crippen molar-refractivity contribution < 1.29 is 14.3 Å². The number of hydrogen-bond donors (Lipinski definition) is 0. The van der Waals surface area contributed by atoms with Crippen LogP contribution in [0, 0.1) is 0 Å². The van der Waals surface area contributed by atoms with Gasteiger partial charge < -0.3 is 19.3 Å². The molecule has 0 aliphatic carbocycles. The van der Waals surface area contributed by atoms with Crippen molar-refractivity contribution in [3.8, 4) is 5.75 Å². The molecule has 1 saturated heterocycles. The Morgan fingerprint density at radius 1 is 1.33 bits per heavy atom. The van der Waals surface area contributed by atoms with Gasteiger partial charge in [-0.2, -0.15) is 0 Å². The fourth-order valence-corrected chi connectivity index (χ4v) is 4.41. The minimum Gasteiger partial charge on any atom is -0.410 e. The van der Waals surface area contributed by atoms with Gasteiger partial charge in [-0.25, -0.2) is 4.79 Å². The molecule has 1 fully saturated rings. The summed E-state index contributed by atoms with van der Waals surface area (Å²) in [6, 6.07) is 10.0. The fraction of sp³-hybridized carbons (Fsp3) is 0.500. The lowest BCUT2D eigenvalue weighted by atomic mass is 9.87. The molecule has 2 aromatic rings. The normalized spacial score (nSPS) is 20.0. The SMILES string of the molecule is CN(CC1CCCCO1)C(=O)Oc1ccc2c(c1)C(C)(C)CN2Cc1cccnc1. The van der Waals surface area contributed by atoms with Gasteiger partial charge in [0.25, 0.3) is 0 Å². The molecule has 1 unspecified atom stereocenters. The van der Waals surface area contributed by atoms with Crippen molar-refractivity contribution in [3.05, 3.63) is 53.9 Å². The summed E-state index contributed by atoms with van der Waals surface area (Å²) in [6.45, 7) is 7.53. The molecule has 1 aromatic carbocycles. The summed E-state index contributed by atoms with van der Waals surface area (Å²) in [5.74, 6) is 0.589. The smallest absolute Gasteiger partial charge is 0.410 e. The van der Waals surface area contributed by atoms with Gasteiger partial charge in [0.1, 0.15) is 5.75 Å². The van der Waals surface area contributed by atoms with Crippen molar-refractivity contribution in [2.75, 3.05) is 31.6 Å². The van der Waals surface area contributed by atoms with Crippen molar-refractivity contribution in [1.82, 2.24) is 9.88 Å². The second-order valence-electron chi connectivity index (χ2n) is 9.02. The van der Waals surface area contributed by atoms with Crippen LogP contribution in [0.15, 0.2) is 42.7 Å². The van der Waals surface area contributed by atoms with E-state index < -0.39 is 0 Å².